The van der Waals surface area contributed by atoms with Crippen LogP contribution in [0.5, 0.6) is 0 Å². The molecule has 0 saturated carbocycles. The second-order valence-electron chi connectivity index (χ2n) is 3.31. The van der Waals surface area contributed by atoms with E-state index < -0.39 is 0 Å². The number of anilines is 1. The maximum Gasteiger partial charge on any atom is 0.240 e. The second kappa shape index (κ2) is 5.48. The van der Waals surface area contributed by atoms with Crippen LogP contribution in [0.3, 0.4) is 0 Å². The van der Waals surface area contributed by atoms with Crippen molar-refractivity contribution in [3.8, 4) is 0 Å². The van der Waals surface area contributed by atoms with E-state index in [2.05, 4.69) is 5.32 Å². The molecule has 0 saturated heterocycles. The lowest BCUT2D eigenvalue weighted by Gasteiger charge is -2.17. The molecule has 4 nitrogen and oxygen atoms in total. The molecule has 1 amide bonds. The zero-order valence-electron chi connectivity index (χ0n) is 9.03. The highest BCUT2D eigenvalue weighted by atomic mass is 16.3. The minimum absolute atomic E-state index is 0.00856. The Morgan fingerprint density at radius 3 is 2.47 bits per heavy atom. The van der Waals surface area contributed by atoms with E-state index in [0.29, 0.717) is 6.54 Å². The molecule has 2 N–H and O–H groups in total. The van der Waals surface area contributed by atoms with Crippen LogP contribution < -0.4 is 10.2 Å². The summed E-state index contributed by atoms with van der Waals surface area (Å²) in [5.41, 5.74) is 1.67. The number of carbonyl (C=O) groups excluding carboxylic acids is 1. The minimum Gasteiger partial charge on any atom is -0.392 e. The summed E-state index contributed by atoms with van der Waals surface area (Å²) in [5.74, 6) is 0.00856. The van der Waals surface area contributed by atoms with Crippen LogP contribution in [0.4, 0.5) is 5.69 Å². The normalized spacial score (nSPS) is 10.1. The van der Waals surface area contributed by atoms with Gasteiger partial charge in [-0.3, -0.25) is 4.79 Å². The molecule has 0 spiro atoms. The zero-order valence-corrected chi connectivity index (χ0v) is 9.03. The van der Waals surface area contributed by atoms with Gasteiger partial charge in [0.25, 0.3) is 0 Å². The average molecular weight is 208 g/mol. The summed E-state index contributed by atoms with van der Waals surface area (Å²) < 4.78 is 0. The molecule has 0 fully saturated rings. The molecule has 1 aromatic carbocycles. The van der Waals surface area contributed by atoms with Crippen molar-refractivity contribution in [2.45, 2.75) is 6.61 Å². The van der Waals surface area contributed by atoms with Gasteiger partial charge in [-0.1, -0.05) is 12.1 Å². The smallest absolute Gasteiger partial charge is 0.240 e. The summed E-state index contributed by atoms with van der Waals surface area (Å²) in [6.07, 6.45) is 0. The molecule has 0 bridgehead atoms. The maximum atomic E-state index is 11.5. The number of rotatable bonds is 4. The number of aliphatic hydroxyl groups is 1. The summed E-state index contributed by atoms with van der Waals surface area (Å²) in [5, 5.41) is 11.7. The number of amides is 1. The van der Waals surface area contributed by atoms with Gasteiger partial charge >= 0.3 is 0 Å². The monoisotopic (exact) mass is 208 g/mol. The Hall–Kier alpha value is -1.39. The first-order chi connectivity index (χ1) is 7.19. The van der Waals surface area contributed by atoms with Crippen LogP contribution in [0.25, 0.3) is 0 Å². The molecule has 0 aliphatic rings. The van der Waals surface area contributed by atoms with Crippen LogP contribution in [0.1, 0.15) is 5.56 Å². The molecule has 0 heterocycles. The molecule has 4 heteroatoms. The summed E-state index contributed by atoms with van der Waals surface area (Å²) >= 11 is 0. The molecule has 82 valence electrons. The molecular formula is C11H16N2O2. The largest absolute Gasteiger partial charge is 0.392 e. The van der Waals surface area contributed by atoms with Crippen LogP contribution >= 0.6 is 0 Å². The fraction of sp³-hybridized carbons (Fsp3) is 0.364. The third-order valence-electron chi connectivity index (χ3n) is 2.21. The highest BCUT2D eigenvalue weighted by Gasteiger charge is 2.08. The van der Waals surface area contributed by atoms with Crippen molar-refractivity contribution in [3.05, 3.63) is 29.8 Å². The van der Waals surface area contributed by atoms with Crippen LogP contribution in [-0.2, 0) is 11.4 Å². The molecule has 1 rings (SSSR count). The van der Waals surface area contributed by atoms with Gasteiger partial charge in [0.1, 0.15) is 0 Å². The first-order valence-electron chi connectivity index (χ1n) is 4.80. The molecule has 0 aromatic heterocycles. The third-order valence-corrected chi connectivity index (χ3v) is 2.21. The summed E-state index contributed by atoms with van der Waals surface area (Å²) in [6, 6.07) is 7.25. The molecule has 1 aromatic rings. The van der Waals surface area contributed by atoms with Crippen molar-refractivity contribution in [1.29, 1.82) is 0 Å². The standard InChI is InChI=1S/C11H16N2O2/c1-12-7-11(15)13(2)10-5-3-9(8-14)4-6-10/h3-6,12,14H,7-8H2,1-2H3. The topological polar surface area (TPSA) is 52.6 Å². The van der Waals surface area contributed by atoms with Crippen molar-refractivity contribution in [2.75, 3.05) is 25.5 Å². The Morgan fingerprint density at radius 2 is 2.00 bits per heavy atom. The molecule has 0 atom stereocenters. The van der Waals surface area contributed by atoms with Gasteiger partial charge in [0.2, 0.25) is 5.91 Å². The number of hydrogen-bond acceptors (Lipinski definition) is 3. The number of benzene rings is 1. The maximum absolute atomic E-state index is 11.5. The molecule has 0 unspecified atom stereocenters. The van der Waals surface area contributed by atoms with E-state index in [9.17, 15) is 4.79 Å². The number of likely N-dealkylation sites (N-methyl/N-ethyl adjacent to an activating group) is 2. The van der Waals surface area contributed by atoms with E-state index in [0.717, 1.165) is 11.3 Å². The third kappa shape index (κ3) is 3.04. The van der Waals surface area contributed by atoms with Gasteiger partial charge in [-0.05, 0) is 24.7 Å². The fourth-order valence-electron chi connectivity index (χ4n) is 1.24. The van der Waals surface area contributed by atoms with Crippen molar-refractivity contribution in [1.82, 2.24) is 5.32 Å². The van der Waals surface area contributed by atoms with Crippen LogP contribution in [0.15, 0.2) is 24.3 Å². The number of hydrogen-bond donors (Lipinski definition) is 2. The van der Waals surface area contributed by atoms with Gasteiger partial charge in [0.05, 0.1) is 13.2 Å². The first kappa shape index (κ1) is 11.7. The van der Waals surface area contributed by atoms with Crippen molar-refractivity contribution in [3.63, 3.8) is 0 Å². The SMILES string of the molecule is CNCC(=O)N(C)c1ccc(CO)cc1. The van der Waals surface area contributed by atoms with E-state index in [1.54, 1.807) is 31.1 Å². The van der Waals surface area contributed by atoms with Gasteiger partial charge in [-0.15, -0.1) is 0 Å². The van der Waals surface area contributed by atoms with E-state index in [1.165, 1.54) is 0 Å². The quantitative estimate of drug-likeness (QED) is 0.751. The van der Waals surface area contributed by atoms with E-state index >= 15 is 0 Å². The van der Waals surface area contributed by atoms with E-state index in [4.69, 9.17) is 5.11 Å². The van der Waals surface area contributed by atoms with Crippen LogP contribution in [-0.4, -0.2) is 31.7 Å². The second-order valence-corrected chi connectivity index (χ2v) is 3.31. The summed E-state index contributed by atoms with van der Waals surface area (Å²) in [6.45, 7) is 0.340. The predicted molar refractivity (Wildman–Crippen MR) is 59.7 cm³/mol. The van der Waals surface area contributed by atoms with E-state index in [-0.39, 0.29) is 12.5 Å². The number of nitrogens with zero attached hydrogens (tertiary/aromatic N) is 1. The average Bonchev–Trinajstić information content (AvgIpc) is 2.28. The number of aliphatic hydroxyl groups excluding tert-OH is 1. The lowest BCUT2D eigenvalue weighted by Crippen LogP contribution is -2.34. The van der Waals surface area contributed by atoms with Gasteiger partial charge in [0.15, 0.2) is 0 Å². The van der Waals surface area contributed by atoms with E-state index in [1.807, 2.05) is 12.1 Å². The zero-order chi connectivity index (χ0) is 11.3. The Kier molecular flexibility index (Phi) is 4.27. The Labute approximate surface area is 89.5 Å². The Morgan fingerprint density at radius 1 is 1.40 bits per heavy atom. The van der Waals surface area contributed by atoms with Gasteiger partial charge in [-0.25, -0.2) is 0 Å². The molecular weight excluding hydrogens is 192 g/mol. The summed E-state index contributed by atoms with van der Waals surface area (Å²) in [7, 11) is 3.47. The van der Waals surface area contributed by atoms with Crippen molar-refractivity contribution < 1.29 is 9.90 Å². The molecule has 0 radical (unpaired) electrons. The minimum atomic E-state index is 0.00856. The lowest BCUT2D eigenvalue weighted by molar-refractivity contribution is -0.117. The van der Waals surface area contributed by atoms with Crippen molar-refractivity contribution in [2.24, 2.45) is 0 Å². The summed E-state index contributed by atoms with van der Waals surface area (Å²) in [4.78, 5) is 13.1. The Balaban J connectivity index is 2.73. The highest BCUT2D eigenvalue weighted by Crippen LogP contribution is 2.13. The van der Waals surface area contributed by atoms with Crippen LogP contribution in [0.2, 0.25) is 0 Å². The van der Waals surface area contributed by atoms with Gasteiger partial charge < -0.3 is 15.3 Å². The predicted octanol–water partition coefficient (Wildman–Crippen LogP) is 0.361. The van der Waals surface area contributed by atoms with Gasteiger partial charge in [-0.2, -0.15) is 0 Å². The Bertz CT molecular complexity index is 322. The van der Waals surface area contributed by atoms with Crippen LogP contribution in [0, 0.1) is 0 Å². The first-order valence-corrected chi connectivity index (χ1v) is 4.80. The number of carbonyl (C=O) groups is 1. The number of nitrogens with one attached hydrogen (secondary N) is 1. The molecule has 0 aliphatic carbocycles. The van der Waals surface area contributed by atoms with Gasteiger partial charge in [0, 0.05) is 12.7 Å². The lowest BCUT2D eigenvalue weighted by atomic mass is 10.2. The van der Waals surface area contributed by atoms with Crippen molar-refractivity contribution >= 4 is 11.6 Å². The molecule has 0 aliphatic heterocycles. The highest BCUT2D eigenvalue weighted by molar-refractivity contribution is 5.94. The molecule has 15 heavy (non-hydrogen) atoms. The fourth-order valence-corrected chi connectivity index (χ4v) is 1.24.